The first kappa shape index (κ1) is 27.2. The van der Waals surface area contributed by atoms with Gasteiger partial charge in [-0.15, -0.1) is 0 Å². The van der Waals surface area contributed by atoms with Crippen LogP contribution in [0.2, 0.25) is 0 Å². The molecule has 5 rings (SSSR count). The Bertz CT molecular complexity index is 1330. The third kappa shape index (κ3) is 7.38. The number of hydrogen-bond acceptors (Lipinski definition) is 2. The van der Waals surface area contributed by atoms with E-state index in [1.54, 1.807) is 0 Å². The van der Waals surface area contributed by atoms with E-state index in [2.05, 4.69) is 140 Å². The normalized spacial score (nSPS) is 14.8. The van der Waals surface area contributed by atoms with E-state index in [0.29, 0.717) is 5.92 Å². The average Bonchev–Trinajstić information content (AvgIpc) is 2.97. The van der Waals surface area contributed by atoms with Crippen molar-refractivity contribution in [2.24, 2.45) is 15.9 Å². The van der Waals surface area contributed by atoms with Gasteiger partial charge in [0, 0.05) is 30.4 Å². The van der Waals surface area contributed by atoms with Gasteiger partial charge in [0.25, 0.3) is 0 Å². The van der Waals surface area contributed by atoms with E-state index in [9.17, 15) is 0 Å². The lowest BCUT2D eigenvalue weighted by Crippen LogP contribution is -2.44. The Kier molecular flexibility index (Phi) is 8.60. The van der Waals surface area contributed by atoms with E-state index >= 15 is 0 Å². The van der Waals surface area contributed by atoms with Gasteiger partial charge in [-0.05, 0) is 89.1 Å². The van der Waals surface area contributed by atoms with Crippen molar-refractivity contribution in [1.82, 2.24) is 4.90 Å². The minimum atomic E-state index is 0.318. The van der Waals surface area contributed by atoms with Crippen LogP contribution in [0.4, 0.5) is 22.7 Å². The van der Waals surface area contributed by atoms with Gasteiger partial charge in [0.15, 0.2) is 0 Å². The summed E-state index contributed by atoms with van der Waals surface area (Å²) in [7, 11) is 0. The Balaban J connectivity index is 1.37. The Morgan fingerprint density at radius 3 is 1.43 bits per heavy atom. The summed E-state index contributed by atoms with van der Waals surface area (Å²) in [4.78, 5) is 12.5. The van der Waals surface area contributed by atoms with Gasteiger partial charge < -0.3 is 15.5 Å². The van der Waals surface area contributed by atoms with Crippen LogP contribution in [-0.4, -0.2) is 29.8 Å². The van der Waals surface area contributed by atoms with Crippen LogP contribution < -0.4 is 10.6 Å². The van der Waals surface area contributed by atoms with Crippen molar-refractivity contribution in [3.63, 3.8) is 0 Å². The van der Waals surface area contributed by atoms with Crippen molar-refractivity contribution < 1.29 is 0 Å². The molecule has 1 aliphatic heterocycles. The Hall–Kier alpha value is -4.38. The SMILES string of the molecule is Cc1ccc(N=C(Nc2ccc(C)cc2)C2CCN(C(=Nc3ccc(C)cc3)Nc3ccc(C)cc3)CC2)cc1. The second-order valence-corrected chi connectivity index (χ2v) is 10.8. The highest BCUT2D eigenvalue weighted by atomic mass is 15.3. The zero-order chi connectivity index (χ0) is 27.9. The first-order valence-corrected chi connectivity index (χ1v) is 14.1. The molecule has 4 aromatic rings. The van der Waals surface area contributed by atoms with Gasteiger partial charge in [-0.25, -0.2) is 9.98 Å². The molecule has 0 aromatic heterocycles. The Morgan fingerprint density at radius 2 is 0.950 bits per heavy atom. The van der Waals surface area contributed by atoms with Gasteiger partial charge in [-0.1, -0.05) is 70.8 Å². The van der Waals surface area contributed by atoms with Crippen molar-refractivity contribution >= 4 is 34.5 Å². The highest BCUT2D eigenvalue weighted by Crippen LogP contribution is 2.25. The van der Waals surface area contributed by atoms with Gasteiger partial charge in [0.2, 0.25) is 5.96 Å². The third-order valence-corrected chi connectivity index (χ3v) is 7.37. The summed E-state index contributed by atoms with van der Waals surface area (Å²) in [6.07, 6.45) is 1.96. The van der Waals surface area contributed by atoms with E-state index < -0.39 is 0 Å². The number of hydrogen-bond donors (Lipinski definition) is 2. The van der Waals surface area contributed by atoms with Gasteiger partial charge in [0.1, 0.15) is 5.84 Å². The predicted molar refractivity (Wildman–Crippen MR) is 170 cm³/mol. The summed E-state index contributed by atoms with van der Waals surface area (Å²) in [5.41, 5.74) is 9.00. The maximum absolute atomic E-state index is 5.10. The third-order valence-electron chi connectivity index (χ3n) is 7.37. The summed E-state index contributed by atoms with van der Waals surface area (Å²) in [6.45, 7) is 10.2. The number of anilines is 2. The molecule has 0 saturated carbocycles. The molecular formula is C35H39N5. The van der Waals surface area contributed by atoms with Crippen LogP contribution in [0.25, 0.3) is 0 Å². The molecule has 0 amide bonds. The topological polar surface area (TPSA) is 52.0 Å². The molecule has 204 valence electrons. The number of nitrogens with one attached hydrogen (secondary N) is 2. The zero-order valence-corrected chi connectivity index (χ0v) is 24.0. The predicted octanol–water partition coefficient (Wildman–Crippen LogP) is 8.57. The van der Waals surface area contributed by atoms with E-state index in [0.717, 1.165) is 60.5 Å². The number of aliphatic imine (C=N–C) groups is 2. The summed E-state index contributed by atoms with van der Waals surface area (Å²) in [5, 5.41) is 7.26. The van der Waals surface area contributed by atoms with Gasteiger partial charge in [-0.3, -0.25) is 0 Å². The van der Waals surface area contributed by atoms with Crippen molar-refractivity contribution in [1.29, 1.82) is 0 Å². The van der Waals surface area contributed by atoms with Crippen LogP contribution in [0.15, 0.2) is 107 Å². The van der Waals surface area contributed by atoms with Gasteiger partial charge in [0.05, 0.1) is 11.4 Å². The highest BCUT2D eigenvalue weighted by Gasteiger charge is 2.26. The molecule has 5 heteroatoms. The van der Waals surface area contributed by atoms with Crippen molar-refractivity contribution in [3.05, 3.63) is 119 Å². The Labute approximate surface area is 238 Å². The summed E-state index contributed by atoms with van der Waals surface area (Å²) in [5.74, 6) is 2.23. The fourth-order valence-corrected chi connectivity index (χ4v) is 4.81. The molecule has 2 N–H and O–H groups in total. The molecule has 1 fully saturated rings. The molecule has 1 heterocycles. The molecule has 40 heavy (non-hydrogen) atoms. The molecule has 0 radical (unpaired) electrons. The molecule has 0 spiro atoms. The number of rotatable bonds is 5. The number of aryl methyl sites for hydroxylation is 4. The number of amidine groups is 1. The number of guanidine groups is 1. The largest absolute Gasteiger partial charge is 0.344 e. The Morgan fingerprint density at radius 1 is 0.550 bits per heavy atom. The van der Waals surface area contributed by atoms with Crippen LogP contribution in [-0.2, 0) is 0 Å². The summed E-state index contributed by atoms with van der Waals surface area (Å²) in [6, 6.07) is 33.8. The zero-order valence-electron chi connectivity index (χ0n) is 24.0. The molecule has 4 aromatic carbocycles. The number of piperidine rings is 1. The fourth-order valence-electron chi connectivity index (χ4n) is 4.81. The molecule has 0 unspecified atom stereocenters. The number of likely N-dealkylation sites (tertiary alicyclic amines) is 1. The fraction of sp³-hybridized carbons (Fsp3) is 0.257. The minimum absolute atomic E-state index is 0.318. The van der Waals surface area contributed by atoms with E-state index in [-0.39, 0.29) is 0 Å². The molecule has 0 atom stereocenters. The first-order valence-electron chi connectivity index (χ1n) is 14.1. The van der Waals surface area contributed by atoms with E-state index in [1.165, 1.54) is 22.3 Å². The van der Waals surface area contributed by atoms with Crippen LogP contribution in [0, 0.1) is 33.6 Å². The molecule has 1 aliphatic rings. The molecular weight excluding hydrogens is 490 g/mol. The van der Waals surface area contributed by atoms with E-state index in [4.69, 9.17) is 9.98 Å². The maximum Gasteiger partial charge on any atom is 0.203 e. The van der Waals surface area contributed by atoms with Crippen LogP contribution in [0.3, 0.4) is 0 Å². The standard InChI is InChI=1S/C35H39N5/c1-25-5-13-30(14-6-25)36-34(37-31-15-7-26(2)8-16-31)29-21-23-40(24-22-29)35(38-32-17-9-27(3)10-18-32)39-33-19-11-28(4)12-20-33/h5-20,29H,21-24H2,1-4H3,(H,36,37)(H,38,39). The second kappa shape index (κ2) is 12.6. The molecule has 1 saturated heterocycles. The van der Waals surface area contributed by atoms with Crippen LogP contribution in [0.1, 0.15) is 35.1 Å². The van der Waals surface area contributed by atoms with Gasteiger partial charge >= 0.3 is 0 Å². The lowest BCUT2D eigenvalue weighted by Gasteiger charge is -2.35. The average molecular weight is 530 g/mol. The minimum Gasteiger partial charge on any atom is -0.344 e. The monoisotopic (exact) mass is 529 g/mol. The molecule has 0 bridgehead atoms. The maximum atomic E-state index is 5.10. The van der Waals surface area contributed by atoms with Crippen LogP contribution >= 0.6 is 0 Å². The van der Waals surface area contributed by atoms with Crippen molar-refractivity contribution in [3.8, 4) is 0 Å². The number of benzene rings is 4. The van der Waals surface area contributed by atoms with Crippen molar-refractivity contribution in [2.45, 2.75) is 40.5 Å². The molecule has 5 nitrogen and oxygen atoms in total. The van der Waals surface area contributed by atoms with Gasteiger partial charge in [-0.2, -0.15) is 0 Å². The van der Waals surface area contributed by atoms with Crippen LogP contribution in [0.5, 0.6) is 0 Å². The number of nitrogens with zero attached hydrogens (tertiary/aromatic N) is 3. The second-order valence-electron chi connectivity index (χ2n) is 10.8. The quantitative estimate of drug-likeness (QED) is 0.201. The molecule has 0 aliphatic carbocycles. The first-order chi connectivity index (χ1) is 19.4. The van der Waals surface area contributed by atoms with Crippen molar-refractivity contribution in [2.75, 3.05) is 23.7 Å². The summed E-state index contributed by atoms with van der Waals surface area (Å²) < 4.78 is 0. The highest BCUT2D eigenvalue weighted by molar-refractivity contribution is 5.99. The summed E-state index contributed by atoms with van der Waals surface area (Å²) >= 11 is 0. The lowest BCUT2D eigenvalue weighted by molar-refractivity contribution is 0.309. The van der Waals surface area contributed by atoms with E-state index in [1.807, 2.05) is 0 Å². The smallest absolute Gasteiger partial charge is 0.203 e. The lowest BCUT2D eigenvalue weighted by atomic mass is 9.95.